The fourth-order valence-electron chi connectivity index (χ4n) is 3.93. The van der Waals surface area contributed by atoms with Crippen molar-refractivity contribution in [1.82, 2.24) is 15.5 Å². The van der Waals surface area contributed by atoms with Crippen molar-refractivity contribution in [2.24, 2.45) is 5.73 Å². The van der Waals surface area contributed by atoms with Crippen molar-refractivity contribution in [2.75, 3.05) is 23.4 Å². The molecule has 0 spiro atoms. The minimum absolute atomic E-state index is 0.225. The Hall–Kier alpha value is -3.15. The molecule has 0 saturated heterocycles. The molecule has 2 aromatic rings. The van der Waals surface area contributed by atoms with Crippen LogP contribution in [-0.4, -0.2) is 44.6 Å². The van der Waals surface area contributed by atoms with Gasteiger partial charge in [0, 0.05) is 35.9 Å². The number of primary amides is 1. The van der Waals surface area contributed by atoms with Crippen LogP contribution < -0.4 is 31.5 Å². The number of sulfonamides is 1. The number of hydrogen-bond acceptors (Lipinski definition) is 7. The summed E-state index contributed by atoms with van der Waals surface area (Å²) in [6, 6.07) is 10.9. The molecule has 0 unspecified atom stereocenters. The van der Waals surface area contributed by atoms with Gasteiger partial charge in [-0.05, 0) is 62.6 Å². The number of nitrogens with one attached hydrogen (secondary N) is 4. The van der Waals surface area contributed by atoms with Gasteiger partial charge < -0.3 is 16.4 Å². The lowest BCUT2D eigenvalue weighted by Gasteiger charge is -2.21. The third-order valence-corrected chi connectivity index (χ3v) is 7.82. The molecule has 1 fully saturated rings. The Kier molecular flexibility index (Phi) is 6.78. The second-order valence-corrected chi connectivity index (χ2v) is 10.8. The molecular formula is C23H30N6O4S. The number of anilines is 3. The first kappa shape index (κ1) is 24.0. The van der Waals surface area contributed by atoms with Gasteiger partial charge in [0.25, 0.3) is 5.91 Å². The summed E-state index contributed by atoms with van der Waals surface area (Å²) in [5.41, 5.74) is 13.6. The topological polar surface area (TPSA) is 146 Å². The molecule has 6 N–H and O–H groups in total. The molecule has 34 heavy (non-hydrogen) atoms. The zero-order valence-corrected chi connectivity index (χ0v) is 20.0. The van der Waals surface area contributed by atoms with Crippen LogP contribution >= 0.6 is 0 Å². The SMILES string of the molecule is Cc1cc(NC[C@H](C)NS(=O)(=O)C2CC2)c2c(c1)N(c1cccc(C(=O)NCC(N)=O)c1)NC2. The van der Waals surface area contributed by atoms with E-state index in [1.54, 1.807) is 18.2 Å². The third kappa shape index (κ3) is 5.49. The van der Waals surface area contributed by atoms with Gasteiger partial charge in [0.05, 0.1) is 23.2 Å². The van der Waals surface area contributed by atoms with E-state index in [1.165, 1.54) is 0 Å². The van der Waals surface area contributed by atoms with E-state index in [2.05, 4.69) is 26.8 Å². The maximum atomic E-state index is 12.3. The number of nitrogens with zero attached hydrogens (tertiary/aromatic N) is 1. The smallest absolute Gasteiger partial charge is 0.251 e. The van der Waals surface area contributed by atoms with E-state index in [-0.39, 0.29) is 23.7 Å². The highest BCUT2D eigenvalue weighted by molar-refractivity contribution is 7.90. The second-order valence-electron chi connectivity index (χ2n) is 8.82. The van der Waals surface area contributed by atoms with Crippen LogP contribution in [0.15, 0.2) is 36.4 Å². The molecule has 1 aliphatic heterocycles. The molecule has 4 rings (SSSR count). The van der Waals surface area contributed by atoms with Crippen molar-refractivity contribution in [2.45, 2.75) is 44.5 Å². The van der Waals surface area contributed by atoms with Gasteiger partial charge in [-0.15, -0.1) is 0 Å². The van der Waals surface area contributed by atoms with Gasteiger partial charge in [-0.2, -0.15) is 0 Å². The molecule has 1 saturated carbocycles. The predicted molar refractivity (Wildman–Crippen MR) is 131 cm³/mol. The molecule has 1 heterocycles. The Labute approximate surface area is 199 Å². The van der Waals surface area contributed by atoms with Crippen LogP contribution in [0.5, 0.6) is 0 Å². The standard InChI is InChI=1S/C23H30N6O4S/c1-14-8-20(25-11-15(2)28-34(32,33)18-6-7-18)19-12-27-29(21(19)9-14)17-5-3-4-16(10-17)23(31)26-13-22(24)30/h3-5,8-10,15,18,25,27-28H,6-7,11-13H2,1-2H3,(H2,24,30)(H,26,31)/t15-/m0/s1. The molecule has 2 aromatic carbocycles. The van der Waals surface area contributed by atoms with Crippen molar-refractivity contribution in [3.63, 3.8) is 0 Å². The first-order valence-electron chi connectivity index (χ1n) is 11.2. The van der Waals surface area contributed by atoms with E-state index in [4.69, 9.17) is 5.73 Å². The van der Waals surface area contributed by atoms with Crippen molar-refractivity contribution >= 4 is 38.9 Å². The maximum absolute atomic E-state index is 12.3. The van der Waals surface area contributed by atoms with Crippen LogP contribution in [0.2, 0.25) is 0 Å². The number of carbonyl (C=O) groups excluding carboxylic acids is 2. The van der Waals surface area contributed by atoms with Crippen LogP contribution in [0, 0.1) is 6.92 Å². The lowest BCUT2D eigenvalue weighted by atomic mass is 10.1. The minimum Gasteiger partial charge on any atom is -0.383 e. The number of benzene rings is 2. The Morgan fingerprint density at radius 2 is 2.00 bits per heavy atom. The van der Waals surface area contributed by atoms with Gasteiger partial charge in [-0.1, -0.05) is 6.07 Å². The predicted octanol–water partition coefficient (Wildman–Crippen LogP) is 1.25. The molecule has 2 amide bonds. The molecule has 0 radical (unpaired) electrons. The van der Waals surface area contributed by atoms with Crippen LogP contribution in [0.4, 0.5) is 17.1 Å². The highest BCUT2D eigenvalue weighted by Crippen LogP contribution is 2.37. The number of rotatable bonds is 10. The van der Waals surface area contributed by atoms with Gasteiger partial charge in [0.2, 0.25) is 15.9 Å². The maximum Gasteiger partial charge on any atom is 0.251 e. The van der Waals surface area contributed by atoms with E-state index in [1.807, 2.05) is 31.0 Å². The Morgan fingerprint density at radius 3 is 2.71 bits per heavy atom. The van der Waals surface area contributed by atoms with Crippen LogP contribution in [-0.2, 0) is 21.4 Å². The van der Waals surface area contributed by atoms with Crippen LogP contribution in [0.25, 0.3) is 0 Å². The minimum atomic E-state index is -3.24. The largest absolute Gasteiger partial charge is 0.383 e. The van der Waals surface area contributed by atoms with E-state index in [9.17, 15) is 18.0 Å². The summed E-state index contributed by atoms with van der Waals surface area (Å²) in [5, 5.41) is 7.56. The average molecular weight is 487 g/mol. The molecule has 10 nitrogen and oxygen atoms in total. The van der Waals surface area contributed by atoms with E-state index in [0.29, 0.717) is 18.7 Å². The van der Waals surface area contributed by atoms with E-state index in [0.717, 1.165) is 41.0 Å². The molecule has 11 heteroatoms. The monoisotopic (exact) mass is 486 g/mol. The third-order valence-electron chi connectivity index (χ3n) is 5.74. The highest BCUT2D eigenvalue weighted by Gasteiger charge is 2.36. The molecule has 1 aliphatic carbocycles. The van der Waals surface area contributed by atoms with Gasteiger partial charge in [-0.25, -0.2) is 18.6 Å². The summed E-state index contributed by atoms with van der Waals surface area (Å²) in [6.45, 7) is 4.64. The van der Waals surface area contributed by atoms with Gasteiger partial charge in [-0.3, -0.25) is 14.6 Å². The van der Waals surface area contributed by atoms with Crippen molar-refractivity contribution in [3.05, 3.63) is 53.1 Å². The molecular weight excluding hydrogens is 456 g/mol. The highest BCUT2D eigenvalue weighted by atomic mass is 32.2. The lowest BCUT2D eigenvalue weighted by Crippen LogP contribution is -2.39. The van der Waals surface area contributed by atoms with Crippen molar-refractivity contribution in [1.29, 1.82) is 0 Å². The average Bonchev–Trinajstić information content (AvgIpc) is 3.57. The zero-order valence-electron chi connectivity index (χ0n) is 19.2. The second kappa shape index (κ2) is 9.61. The molecule has 0 bridgehead atoms. The molecule has 2 aliphatic rings. The summed E-state index contributed by atoms with van der Waals surface area (Å²) in [5.74, 6) is -0.987. The van der Waals surface area contributed by atoms with E-state index >= 15 is 0 Å². The van der Waals surface area contributed by atoms with Crippen molar-refractivity contribution in [3.8, 4) is 0 Å². The Morgan fingerprint density at radius 1 is 1.24 bits per heavy atom. The normalized spacial score (nSPS) is 16.1. The fourth-order valence-corrected chi connectivity index (χ4v) is 5.52. The molecule has 0 aromatic heterocycles. The quantitative estimate of drug-likeness (QED) is 0.340. The fraction of sp³-hybridized carbons (Fsp3) is 0.391. The Bertz CT molecular complexity index is 1210. The number of nitrogens with two attached hydrogens (primary N) is 1. The summed E-state index contributed by atoms with van der Waals surface area (Å²) in [6.07, 6.45) is 1.47. The van der Waals surface area contributed by atoms with Gasteiger partial charge >= 0.3 is 0 Å². The number of hydrazine groups is 1. The van der Waals surface area contributed by atoms with E-state index < -0.39 is 15.9 Å². The lowest BCUT2D eigenvalue weighted by molar-refractivity contribution is -0.117. The molecule has 1 atom stereocenters. The summed E-state index contributed by atoms with van der Waals surface area (Å²) < 4.78 is 27.2. The van der Waals surface area contributed by atoms with Crippen LogP contribution in [0.3, 0.4) is 0 Å². The summed E-state index contributed by atoms with van der Waals surface area (Å²) in [4.78, 5) is 23.3. The number of aryl methyl sites for hydroxylation is 1. The number of amides is 2. The first-order chi connectivity index (χ1) is 16.1. The number of fused-ring (bicyclic) bond motifs is 1. The summed E-state index contributed by atoms with van der Waals surface area (Å²) >= 11 is 0. The Balaban J connectivity index is 1.49. The molecule has 182 valence electrons. The van der Waals surface area contributed by atoms with Gasteiger partial charge in [0.1, 0.15) is 0 Å². The summed E-state index contributed by atoms with van der Waals surface area (Å²) in [7, 11) is -3.24. The van der Waals surface area contributed by atoms with Gasteiger partial charge in [0.15, 0.2) is 0 Å². The zero-order chi connectivity index (χ0) is 24.5. The van der Waals surface area contributed by atoms with Crippen LogP contribution in [0.1, 0.15) is 41.3 Å². The van der Waals surface area contributed by atoms with Crippen molar-refractivity contribution < 1.29 is 18.0 Å². The first-order valence-corrected chi connectivity index (χ1v) is 12.8. The number of carbonyl (C=O) groups is 2. The number of hydrogen-bond donors (Lipinski definition) is 5.